The monoisotopic (exact) mass is 307 g/mol. The topological polar surface area (TPSA) is 69.6 Å². The first-order valence-electron chi connectivity index (χ1n) is 7.53. The van der Waals surface area contributed by atoms with E-state index in [0.29, 0.717) is 11.8 Å². The summed E-state index contributed by atoms with van der Waals surface area (Å²) in [6.45, 7) is 9.21. The molecule has 1 unspecified atom stereocenters. The van der Waals surface area contributed by atoms with Gasteiger partial charge in [-0.05, 0) is 26.7 Å². The van der Waals surface area contributed by atoms with Crippen LogP contribution in [0.3, 0.4) is 0 Å². The molecule has 0 saturated heterocycles. The number of hydrogen-bond acceptors (Lipinski definition) is 6. The van der Waals surface area contributed by atoms with Crippen molar-refractivity contribution in [2.24, 2.45) is 0 Å². The van der Waals surface area contributed by atoms with E-state index in [2.05, 4.69) is 52.6 Å². The van der Waals surface area contributed by atoms with Crippen molar-refractivity contribution in [3.05, 3.63) is 17.5 Å². The van der Waals surface area contributed by atoms with Crippen molar-refractivity contribution in [1.29, 1.82) is 0 Å². The van der Waals surface area contributed by atoms with Gasteiger partial charge < -0.3 is 9.09 Å². The Morgan fingerprint density at radius 3 is 2.62 bits per heavy atom. The minimum absolute atomic E-state index is 0.0755. The van der Waals surface area contributed by atoms with E-state index in [-0.39, 0.29) is 11.2 Å². The van der Waals surface area contributed by atoms with Crippen molar-refractivity contribution >= 4 is 11.8 Å². The smallest absolute Gasteiger partial charge is 0.239 e. The molecular formula is C14H21N5OS. The van der Waals surface area contributed by atoms with Crippen LogP contribution in [0.1, 0.15) is 75.2 Å². The summed E-state index contributed by atoms with van der Waals surface area (Å²) in [5, 5.41) is 13.7. The van der Waals surface area contributed by atoms with Crippen molar-refractivity contribution in [2.75, 3.05) is 0 Å². The first kappa shape index (κ1) is 14.6. The molecule has 114 valence electrons. The van der Waals surface area contributed by atoms with Crippen molar-refractivity contribution in [1.82, 2.24) is 24.9 Å². The average molecular weight is 307 g/mol. The third-order valence-corrected chi connectivity index (χ3v) is 4.68. The predicted molar refractivity (Wildman–Crippen MR) is 80.3 cm³/mol. The highest BCUT2D eigenvalue weighted by molar-refractivity contribution is 7.99. The maximum absolute atomic E-state index is 5.36. The van der Waals surface area contributed by atoms with Gasteiger partial charge in [0.15, 0.2) is 11.0 Å². The molecule has 0 aromatic carbocycles. The van der Waals surface area contributed by atoms with E-state index >= 15 is 0 Å². The molecule has 3 rings (SSSR count). The van der Waals surface area contributed by atoms with Gasteiger partial charge in [-0.3, -0.25) is 0 Å². The Labute approximate surface area is 128 Å². The van der Waals surface area contributed by atoms with Crippen LogP contribution in [0.4, 0.5) is 0 Å². The molecule has 1 atom stereocenters. The van der Waals surface area contributed by atoms with Crippen LogP contribution in [-0.2, 0) is 6.54 Å². The lowest BCUT2D eigenvalue weighted by molar-refractivity contribution is 0.372. The fraction of sp³-hybridized carbons (Fsp3) is 0.714. The molecule has 21 heavy (non-hydrogen) atoms. The molecular weight excluding hydrogens is 286 g/mol. The zero-order valence-electron chi connectivity index (χ0n) is 12.9. The highest BCUT2D eigenvalue weighted by Gasteiger charge is 2.30. The molecule has 0 N–H and O–H groups in total. The summed E-state index contributed by atoms with van der Waals surface area (Å²) in [4.78, 5) is 4.46. The predicted octanol–water partition coefficient (Wildman–Crippen LogP) is 3.54. The highest BCUT2D eigenvalue weighted by atomic mass is 32.2. The third-order valence-electron chi connectivity index (χ3n) is 3.61. The molecule has 0 amide bonds. The van der Waals surface area contributed by atoms with Crippen LogP contribution < -0.4 is 0 Å². The normalized spacial score (nSPS) is 16.6. The molecule has 0 spiro atoms. The van der Waals surface area contributed by atoms with Gasteiger partial charge in [-0.2, -0.15) is 4.98 Å². The van der Waals surface area contributed by atoms with Crippen molar-refractivity contribution < 1.29 is 4.52 Å². The van der Waals surface area contributed by atoms with Crippen molar-refractivity contribution in [2.45, 2.75) is 69.3 Å². The Kier molecular flexibility index (Phi) is 4.01. The van der Waals surface area contributed by atoms with Gasteiger partial charge in [-0.1, -0.05) is 30.8 Å². The van der Waals surface area contributed by atoms with E-state index in [4.69, 9.17) is 4.52 Å². The second kappa shape index (κ2) is 5.79. The van der Waals surface area contributed by atoms with E-state index < -0.39 is 0 Å². The van der Waals surface area contributed by atoms with E-state index in [1.165, 1.54) is 12.8 Å². The Morgan fingerprint density at radius 1 is 1.29 bits per heavy atom. The Hall–Kier alpha value is -1.37. The Bertz CT molecular complexity index is 617. The molecule has 2 aromatic rings. The van der Waals surface area contributed by atoms with Crippen LogP contribution in [0.25, 0.3) is 0 Å². The zero-order valence-corrected chi connectivity index (χ0v) is 13.7. The molecule has 2 aromatic heterocycles. The van der Waals surface area contributed by atoms with Crippen LogP contribution in [-0.4, -0.2) is 24.9 Å². The SMILES string of the molecule is CCn1c(SC(C)c2nc(C(C)C)no2)nnc1C1CC1. The van der Waals surface area contributed by atoms with Gasteiger partial charge in [0, 0.05) is 18.4 Å². The maximum atomic E-state index is 5.36. The van der Waals surface area contributed by atoms with Gasteiger partial charge >= 0.3 is 0 Å². The molecule has 1 aliphatic carbocycles. The summed E-state index contributed by atoms with van der Waals surface area (Å²) < 4.78 is 7.57. The van der Waals surface area contributed by atoms with Gasteiger partial charge in [0.1, 0.15) is 5.82 Å². The molecule has 6 nitrogen and oxygen atoms in total. The number of hydrogen-bond donors (Lipinski definition) is 0. The minimum atomic E-state index is 0.0755. The largest absolute Gasteiger partial charge is 0.338 e. The number of nitrogens with zero attached hydrogens (tertiary/aromatic N) is 5. The van der Waals surface area contributed by atoms with Crippen LogP contribution in [0, 0.1) is 0 Å². The summed E-state index contributed by atoms with van der Waals surface area (Å²) in [5.74, 6) is 3.43. The van der Waals surface area contributed by atoms with Crippen molar-refractivity contribution in [3.63, 3.8) is 0 Å². The van der Waals surface area contributed by atoms with Gasteiger partial charge in [-0.15, -0.1) is 10.2 Å². The van der Waals surface area contributed by atoms with Gasteiger partial charge in [0.25, 0.3) is 0 Å². The number of aromatic nitrogens is 5. The summed E-state index contributed by atoms with van der Waals surface area (Å²) in [5.41, 5.74) is 0. The average Bonchev–Trinajstić information content (AvgIpc) is 3.03. The van der Waals surface area contributed by atoms with Gasteiger partial charge in [-0.25, -0.2) is 0 Å². The highest BCUT2D eigenvalue weighted by Crippen LogP contribution is 2.41. The van der Waals surface area contributed by atoms with E-state index in [1.54, 1.807) is 11.8 Å². The van der Waals surface area contributed by atoms with Gasteiger partial charge in [0.05, 0.1) is 5.25 Å². The lowest BCUT2D eigenvalue weighted by Gasteiger charge is -2.08. The second-order valence-electron chi connectivity index (χ2n) is 5.76. The first-order valence-corrected chi connectivity index (χ1v) is 8.41. The zero-order chi connectivity index (χ0) is 15.0. The van der Waals surface area contributed by atoms with E-state index in [9.17, 15) is 0 Å². The van der Waals surface area contributed by atoms with Gasteiger partial charge in [0.2, 0.25) is 5.89 Å². The van der Waals surface area contributed by atoms with Crippen LogP contribution in [0.15, 0.2) is 9.68 Å². The lowest BCUT2D eigenvalue weighted by Crippen LogP contribution is -2.03. The molecule has 0 bridgehead atoms. The molecule has 1 saturated carbocycles. The van der Waals surface area contributed by atoms with Crippen molar-refractivity contribution in [3.8, 4) is 0 Å². The molecule has 1 aliphatic rings. The van der Waals surface area contributed by atoms with E-state index in [0.717, 1.165) is 23.4 Å². The molecule has 2 heterocycles. The van der Waals surface area contributed by atoms with Crippen LogP contribution in [0.2, 0.25) is 0 Å². The summed E-state index contributed by atoms with van der Waals surface area (Å²) in [7, 11) is 0. The fourth-order valence-electron chi connectivity index (χ4n) is 2.18. The Balaban J connectivity index is 1.75. The fourth-order valence-corrected chi connectivity index (χ4v) is 3.13. The lowest BCUT2D eigenvalue weighted by atomic mass is 10.2. The number of rotatable bonds is 6. The molecule has 1 fully saturated rings. The number of thioether (sulfide) groups is 1. The second-order valence-corrected chi connectivity index (χ2v) is 7.07. The van der Waals surface area contributed by atoms with Crippen LogP contribution in [0.5, 0.6) is 0 Å². The standard InChI is InChI=1S/C14H21N5OS/c1-5-19-12(10-6-7-10)16-17-14(19)21-9(4)13-15-11(8(2)3)18-20-13/h8-10H,5-7H2,1-4H3. The molecule has 7 heteroatoms. The minimum Gasteiger partial charge on any atom is -0.338 e. The Morgan fingerprint density at radius 2 is 2.05 bits per heavy atom. The molecule has 0 radical (unpaired) electrons. The quantitative estimate of drug-likeness (QED) is 0.760. The third kappa shape index (κ3) is 2.97. The first-order chi connectivity index (χ1) is 10.1. The maximum Gasteiger partial charge on any atom is 0.239 e. The van der Waals surface area contributed by atoms with Crippen LogP contribution >= 0.6 is 11.8 Å². The summed E-state index contributed by atoms with van der Waals surface area (Å²) in [6, 6.07) is 0. The summed E-state index contributed by atoms with van der Waals surface area (Å²) >= 11 is 1.63. The van der Waals surface area contributed by atoms with E-state index in [1.807, 2.05) is 0 Å². The summed E-state index contributed by atoms with van der Waals surface area (Å²) in [6.07, 6.45) is 2.47. The molecule has 0 aliphatic heterocycles.